The van der Waals surface area contributed by atoms with Gasteiger partial charge in [-0.3, -0.25) is 9.59 Å². The van der Waals surface area contributed by atoms with Crippen LogP contribution >= 0.6 is 0 Å². The molecule has 10 heteroatoms. The van der Waals surface area contributed by atoms with Gasteiger partial charge in [0, 0.05) is 23.7 Å². The minimum absolute atomic E-state index is 0.0332. The van der Waals surface area contributed by atoms with Crippen LogP contribution in [0, 0.1) is 11.7 Å². The molecule has 0 spiro atoms. The molecule has 320 valence electrons. The van der Waals surface area contributed by atoms with Crippen LogP contribution in [-0.2, 0) is 28.2 Å². The van der Waals surface area contributed by atoms with Gasteiger partial charge >= 0.3 is 11.9 Å². The summed E-state index contributed by atoms with van der Waals surface area (Å²) < 4.78 is 29.6. The maximum Gasteiger partial charge on any atom is 0.303 e. The number of nitrogens with zero attached hydrogens (tertiary/aromatic N) is 3. The van der Waals surface area contributed by atoms with Crippen molar-refractivity contribution in [1.29, 1.82) is 0 Å². The fraction of sp³-hybridized carbons (Fsp3) is 0.551. The number of methoxy groups -OCH3 is 1. The maximum absolute atomic E-state index is 15.5. The Morgan fingerprint density at radius 2 is 1.42 bits per heavy atom. The van der Waals surface area contributed by atoms with E-state index in [2.05, 4.69) is 24.2 Å². The summed E-state index contributed by atoms with van der Waals surface area (Å²) in [6, 6.07) is 18.4. The number of unbranched alkanes of at least 4 members (excludes halogenated alkanes) is 14. The van der Waals surface area contributed by atoms with Crippen molar-refractivity contribution in [3.8, 4) is 22.6 Å². The van der Waals surface area contributed by atoms with E-state index in [0.29, 0.717) is 35.0 Å². The Hall–Kier alpha value is -4.73. The topological polar surface area (TPSA) is 124 Å². The van der Waals surface area contributed by atoms with Crippen LogP contribution in [0.4, 0.5) is 4.39 Å². The van der Waals surface area contributed by atoms with E-state index in [4.69, 9.17) is 14.6 Å². The third-order valence-corrected chi connectivity index (χ3v) is 11.9. The van der Waals surface area contributed by atoms with Crippen molar-refractivity contribution in [2.45, 2.75) is 160 Å². The number of carbonyl (C=O) groups is 2. The van der Waals surface area contributed by atoms with E-state index in [9.17, 15) is 14.7 Å². The highest BCUT2D eigenvalue weighted by molar-refractivity contribution is 5.72. The zero-order valence-electron chi connectivity index (χ0n) is 35.6. The Labute approximate surface area is 350 Å². The smallest absolute Gasteiger partial charge is 0.303 e. The third-order valence-electron chi connectivity index (χ3n) is 11.9. The largest absolute Gasteiger partial charge is 0.496 e. The maximum atomic E-state index is 15.5. The van der Waals surface area contributed by atoms with Gasteiger partial charge in [0.05, 0.1) is 24.8 Å². The number of hydrogen-bond acceptors (Lipinski definition) is 6. The number of benzene rings is 3. The van der Waals surface area contributed by atoms with Crippen molar-refractivity contribution in [3.05, 3.63) is 95.1 Å². The minimum atomic E-state index is -0.793. The molecule has 1 heterocycles. The second kappa shape index (κ2) is 23.2. The van der Waals surface area contributed by atoms with Crippen LogP contribution in [0.25, 0.3) is 11.1 Å². The number of carboxylic acid groups (broad SMARTS) is 2. The number of hydrogen-bond donors (Lipinski definition) is 2. The van der Waals surface area contributed by atoms with Crippen LogP contribution in [-0.4, -0.2) is 44.3 Å². The zero-order chi connectivity index (χ0) is 42.0. The van der Waals surface area contributed by atoms with E-state index in [1.807, 2.05) is 53.3 Å². The van der Waals surface area contributed by atoms with Crippen LogP contribution in [0.3, 0.4) is 0 Å². The van der Waals surface area contributed by atoms with E-state index in [-0.39, 0.29) is 24.8 Å². The molecule has 1 saturated carbocycles. The van der Waals surface area contributed by atoms with Crippen LogP contribution in [0.15, 0.2) is 66.9 Å². The highest BCUT2D eigenvalue weighted by Crippen LogP contribution is 2.45. The summed E-state index contributed by atoms with van der Waals surface area (Å²) in [5.41, 5.74) is 4.04. The Kier molecular flexibility index (Phi) is 17.8. The molecular weight excluding hydrogens is 746 g/mol. The quantitative estimate of drug-likeness (QED) is 0.0520. The van der Waals surface area contributed by atoms with E-state index < -0.39 is 17.5 Å². The van der Waals surface area contributed by atoms with E-state index in [1.54, 1.807) is 19.2 Å². The number of aromatic nitrogens is 3. The van der Waals surface area contributed by atoms with Gasteiger partial charge in [0.25, 0.3) is 0 Å². The number of aliphatic carboxylic acids is 2. The van der Waals surface area contributed by atoms with Crippen molar-refractivity contribution in [1.82, 2.24) is 15.0 Å². The summed E-state index contributed by atoms with van der Waals surface area (Å²) in [6.07, 6.45) is 23.3. The van der Waals surface area contributed by atoms with Gasteiger partial charge in [0.15, 0.2) is 0 Å². The summed E-state index contributed by atoms with van der Waals surface area (Å²) >= 11 is 0. The predicted octanol–water partition coefficient (Wildman–Crippen LogP) is 12.3. The molecule has 1 fully saturated rings. The first-order chi connectivity index (χ1) is 28.6. The average molecular weight is 812 g/mol. The van der Waals surface area contributed by atoms with Gasteiger partial charge in [-0.2, -0.15) is 0 Å². The van der Waals surface area contributed by atoms with Crippen molar-refractivity contribution in [2.24, 2.45) is 5.92 Å². The average Bonchev–Trinajstić information content (AvgIpc) is 3.95. The second-order valence-electron chi connectivity index (χ2n) is 17.0. The van der Waals surface area contributed by atoms with Crippen molar-refractivity contribution >= 4 is 11.9 Å². The highest BCUT2D eigenvalue weighted by Gasteiger charge is 2.34. The van der Waals surface area contributed by atoms with Crippen molar-refractivity contribution < 1.29 is 33.7 Å². The molecule has 4 aromatic rings. The fourth-order valence-electron chi connectivity index (χ4n) is 8.27. The molecule has 0 unspecified atom stereocenters. The molecule has 0 bridgehead atoms. The van der Waals surface area contributed by atoms with E-state index in [1.165, 1.54) is 70.3 Å². The van der Waals surface area contributed by atoms with Gasteiger partial charge in [-0.1, -0.05) is 119 Å². The highest BCUT2D eigenvalue weighted by atomic mass is 19.1. The van der Waals surface area contributed by atoms with Crippen LogP contribution in [0.1, 0.15) is 164 Å². The Bertz CT molecular complexity index is 1920. The molecule has 1 aliphatic carbocycles. The van der Waals surface area contributed by atoms with Crippen molar-refractivity contribution in [3.63, 3.8) is 0 Å². The minimum Gasteiger partial charge on any atom is -0.496 e. The van der Waals surface area contributed by atoms with Gasteiger partial charge in [0.2, 0.25) is 0 Å². The molecule has 0 saturated heterocycles. The molecule has 5 rings (SSSR count). The molecule has 2 N–H and O–H groups in total. The molecule has 1 aliphatic rings. The Morgan fingerprint density at radius 1 is 0.797 bits per heavy atom. The molecular formula is C49H66FN3O6. The normalized spacial score (nSPS) is 13.4. The summed E-state index contributed by atoms with van der Waals surface area (Å²) in [4.78, 5) is 22.2. The lowest BCUT2D eigenvalue weighted by Crippen LogP contribution is -2.29. The summed E-state index contributed by atoms with van der Waals surface area (Å²) in [7, 11) is 1.60. The number of carboxylic acids is 2. The zero-order valence-corrected chi connectivity index (χ0v) is 35.6. The van der Waals surface area contributed by atoms with E-state index in [0.717, 1.165) is 73.8 Å². The third kappa shape index (κ3) is 14.2. The summed E-state index contributed by atoms with van der Waals surface area (Å²) in [5.74, 6) is -0.211. The molecule has 1 aromatic heterocycles. The second-order valence-corrected chi connectivity index (χ2v) is 17.0. The van der Waals surface area contributed by atoms with Crippen LogP contribution in [0.5, 0.6) is 11.5 Å². The number of halogens is 1. The van der Waals surface area contributed by atoms with Gasteiger partial charge in [-0.05, 0) is 105 Å². The Morgan fingerprint density at radius 3 is 2.02 bits per heavy atom. The van der Waals surface area contributed by atoms with E-state index >= 15 is 4.39 Å². The lowest BCUT2D eigenvalue weighted by molar-refractivity contribution is -0.138. The summed E-state index contributed by atoms with van der Waals surface area (Å²) in [6.45, 7) is 4.34. The van der Waals surface area contributed by atoms with Crippen LogP contribution in [0.2, 0.25) is 0 Å². The molecule has 1 atom stereocenters. The lowest BCUT2D eigenvalue weighted by Gasteiger charge is -2.29. The monoisotopic (exact) mass is 811 g/mol. The Balaban J connectivity index is 1.14. The van der Waals surface area contributed by atoms with Gasteiger partial charge < -0.3 is 19.7 Å². The first kappa shape index (κ1) is 45.4. The van der Waals surface area contributed by atoms with Gasteiger partial charge in [0.1, 0.15) is 23.9 Å². The SMILES string of the molecule is COc1cc(-c2ccccc2F)c(C(C)(C)n2cc(CCCCCCCCCCCCCCCCCC(=O)O)nn2)cc1COc1cccc([C@@H](CC(=O)O)C2CC2)c1. The molecule has 0 amide bonds. The molecule has 59 heavy (non-hydrogen) atoms. The molecule has 0 radical (unpaired) electrons. The predicted molar refractivity (Wildman–Crippen MR) is 231 cm³/mol. The first-order valence-corrected chi connectivity index (χ1v) is 22.1. The first-order valence-electron chi connectivity index (χ1n) is 22.1. The number of rotatable bonds is 29. The lowest BCUT2D eigenvalue weighted by atomic mass is 9.85. The van der Waals surface area contributed by atoms with Gasteiger partial charge in [-0.25, -0.2) is 9.07 Å². The van der Waals surface area contributed by atoms with Crippen LogP contribution < -0.4 is 9.47 Å². The standard InChI is InChI=1S/C49H66FN3O6/c1-49(2,53-34-39(51-52-53)23-17-15-13-11-9-7-5-4-6-8-10-12-14-16-18-27-47(54)55)44-31-38(46(58-3)32-43(44)41-25-19-20-26-45(41)50)35-59-40-24-21-22-37(30-40)42(33-48(56)57)36-28-29-36/h19-22,24-26,30-32,34,36,42H,4-18,23,27-29,33,35H2,1-3H3,(H,54,55)(H,56,57)/t42-/m0/s1. The number of aryl methyl sites for hydroxylation is 1. The molecule has 0 aliphatic heterocycles. The van der Waals surface area contributed by atoms with Crippen molar-refractivity contribution in [2.75, 3.05) is 7.11 Å². The fourth-order valence-corrected chi connectivity index (χ4v) is 8.27. The molecule has 9 nitrogen and oxygen atoms in total. The van der Waals surface area contributed by atoms with Gasteiger partial charge in [-0.15, -0.1) is 5.10 Å². The molecule has 3 aromatic carbocycles. The summed E-state index contributed by atoms with van der Waals surface area (Å²) in [5, 5.41) is 27.4. The number of ether oxygens (including phenoxy) is 2.